The summed E-state index contributed by atoms with van der Waals surface area (Å²) in [6, 6.07) is 6.70. The Morgan fingerprint density at radius 1 is 1.38 bits per heavy atom. The van der Waals surface area contributed by atoms with E-state index >= 15 is 0 Å². The molecular weight excluding hydrogens is 338 g/mol. The Bertz CT molecular complexity index is 520. The predicted octanol–water partition coefficient (Wildman–Crippen LogP) is 2.68. The highest BCUT2D eigenvalue weighted by atomic mass is 79.9. The van der Waals surface area contributed by atoms with Crippen molar-refractivity contribution in [2.45, 2.75) is 31.7 Å². The number of hydrogen-bond donors (Lipinski definition) is 1. The Labute approximate surface area is 132 Å². The first-order valence-corrected chi connectivity index (χ1v) is 7.78. The van der Waals surface area contributed by atoms with E-state index in [4.69, 9.17) is 9.84 Å². The van der Waals surface area contributed by atoms with Crippen LogP contribution in [-0.4, -0.2) is 41.1 Å². The van der Waals surface area contributed by atoms with Crippen molar-refractivity contribution < 1.29 is 19.4 Å². The average molecular weight is 356 g/mol. The Balaban J connectivity index is 1.84. The second-order valence-electron chi connectivity index (χ2n) is 4.99. The number of likely N-dealkylation sites (tertiary alicyclic amines) is 1. The van der Waals surface area contributed by atoms with Crippen LogP contribution < -0.4 is 4.74 Å². The molecule has 0 spiro atoms. The molecular formula is C15H18BrNO4. The van der Waals surface area contributed by atoms with Crippen LogP contribution in [0.2, 0.25) is 0 Å². The van der Waals surface area contributed by atoms with Crippen LogP contribution in [0.1, 0.15) is 25.7 Å². The molecule has 1 heterocycles. The van der Waals surface area contributed by atoms with Gasteiger partial charge in [-0.2, -0.15) is 0 Å². The predicted molar refractivity (Wildman–Crippen MR) is 81.2 cm³/mol. The van der Waals surface area contributed by atoms with E-state index < -0.39 is 12.0 Å². The molecule has 1 fully saturated rings. The van der Waals surface area contributed by atoms with Gasteiger partial charge in [-0.3, -0.25) is 4.79 Å². The molecule has 1 atom stereocenters. The molecule has 0 bridgehead atoms. The summed E-state index contributed by atoms with van der Waals surface area (Å²) in [7, 11) is 0. The van der Waals surface area contributed by atoms with Gasteiger partial charge in [-0.15, -0.1) is 0 Å². The zero-order valence-corrected chi connectivity index (χ0v) is 13.2. The largest absolute Gasteiger partial charge is 0.493 e. The first kappa shape index (κ1) is 15.8. The van der Waals surface area contributed by atoms with Crippen LogP contribution in [-0.2, 0) is 9.59 Å². The smallest absolute Gasteiger partial charge is 0.326 e. The molecule has 114 valence electrons. The van der Waals surface area contributed by atoms with Gasteiger partial charge in [0.2, 0.25) is 5.91 Å². The molecule has 1 aliphatic rings. The highest BCUT2D eigenvalue weighted by Crippen LogP contribution is 2.20. The second-order valence-corrected chi connectivity index (χ2v) is 5.91. The number of hydrogen-bond acceptors (Lipinski definition) is 3. The van der Waals surface area contributed by atoms with Crippen molar-refractivity contribution in [3.8, 4) is 5.75 Å². The van der Waals surface area contributed by atoms with Gasteiger partial charge in [0, 0.05) is 11.0 Å². The van der Waals surface area contributed by atoms with Crippen molar-refractivity contribution >= 4 is 27.8 Å². The first-order valence-electron chi connectivity index (χ1n) is 6.98. The summed E-state index contributed by atoms with van der Waals surface area (Å²) in [5.74, 6) is -0.390. The monoisotopic (exact) mass is 355 g/mol. The number of nitrogens with zero attached hydrogens (tertiary/aromatic N) is 1. The van der Waals surface area contributed by atoms with E-state index in [1.165, 1.54) is 4.90 Å². The third-order valence-electron chi connectivity index (χ3n) is 3.49. The van der Waals surface area contributed by atoms with Gasteiger partial charge in [0.15, 0.2) is 0 Å². The minimum Gasteiger partial charge on any atom is -0.493 e. The van der Waals surface area contributed by atoms with E-state index in [0.29, 0.717) is 18.7 Å². The number of aliphatic carboxylic acids is 1. The molecule has 1 saturated heterocycles. The van der Waals surface area contributed by atoms with Gasteiger partial charge in [-0.1, -0.05) is 22.0 Å². The molecule has 2 rings (SSSR count). The maximum absolute atomic E-state index is 12.1. The number of amides is 1. The molecule has 21 heavy (non-hydrogen) atoms. The van der Waals surface area contributed by atoms with Crippen molar-refractivity contribution in [2.75, 3.05) is 13.2 Å². The van der Waals surface area contributed by atoms with Gasteiger partial charge in [0.25, 0.3) is 0 Å². The van der Waals surface area contributed by atoms with Crippen molar-refractivity contribution in [3.05, 3.63) is 28.7 Å². The number of carbonyl (C=O) groups excluding carboxylic acids is 1. The third kappa shape index (κ3) is 4.46. The van der Waals surface area contributed by atoms with Crippen LogP contribution in [0.15, 0.2) is 28.7 Å². The van der Waals surface area contributed by atoms with Gasteiger partial charge in [-0.25, -0.2) is 4.79 Å². The molecule has 0 saturated carbocycles. The van der Waals surface area contributed by atoms with Gasteiger partial charge >= 0.3 is 5.97 Å². The average Bonchev–Trinajstić information content (AvgIpc) is 2.47. The van der Waals surface area contributed by atoms with Crippen LogP contribution >= 0.6 is 15.9 Å². The Kier molecular flexibility index (Phi) is 5.61. The number of ether oxygens (including phenoxy) is 1. The van der Waals surface area contributed by atoms with Crippen LogP contribution in [0.25, 0.3) is 0 Å². The zero-order valence-electron chi connectivity index (χ0n) is 11.6. The number of carboxylic acid groups (broad SMARTS) is 1. The standard InChI is InChI=1S/C15H18BrNO4/c16-11-4-3-5-12(10-11)21-9-7-14(18)17-8-2-1-6-13(17)15(19)20/h3-5,10,13H,1-2,6-9H2,(H,19,20)/t13-/m1/s1. The summed E-state index contributed by atoms with van der Waals surface area (Å²) in [6.45, 7) is 0.769. The molecule has 1 amide bonds. The van der Waals surface area contributed by atoms with E-state index in [-0.39, 0.29) is 18.9 Å². The van der Waals surface area contributed by atoms with E-state index in [1.807, 2.05) is 24.3 Å². The lowest BCUT2D eigenvalue weighted by atomic mass is 10.0. The molecule has 0 aromatic heterocycles. The molecule has 1 aromatic rings. The normalized spacial score (nSPS) is 18.3. The van der Waals surface area contributed by atoms with Crippen LogP contribution in [0.5, 0.6) is 5.75 Å². The first-order chi connectivity index (χ1) is 10.1. The van der Waals surface area contributed by atoms with Crippen molar-refractivity contribution in [1.82, 2.24) is 4.90 Å². The third-order valence-corrected chi connectivity index (χ3v) is 3.98. The summed E-state index contributed by atoms with van der Waals surface area (Å²) >= 11 is 3.35. The highest BCUT2D eigenvalue weighted by molar-refractivity contribution is 9.10. The number of carbonyl (C=O) groups is 2. The maximum atomic E-state index is 12.1. The SMILES string of the molecule is O=C(O)[C@H]1CCCCN1C(=O)CCOc1cccc(Br)c1. The van der Waals surface area contributed by atoms with E-state index in [0.717, 1.165) is 17.3 Å². The number of carboxylic acids is 1. The summed E-state index contributed by atoms with van der Waals surface area (Å²) in [6.07, 6.45) is 2.45. The summed E-state index contributed by atoms with van der Waals surface area (Å²) in [4.78, 5) is 24.8. The minimum atomic E-state index is -0.920. The van der Waals surface area contributed by atoms with Crippen LogP contribution in [0.4, 0.5) is 0 Å². The van der Waals surface area contributed by atoms with Gasteiger partial charge in [0.05, 0.1) is 13.0 Å². The van der Waals surface area contributed by atoms with Gasteiger partial charge in [-0.05, 0) is 37.5 Å². The molecule has 1 aromatic carbocycles. The zero-order chi connectivity index (χ0) is 15.2. The van der Waals surface area contributed by atoms with Crippen LogP contribution in [0.3, 0.4) is 0 Å². The van der Waals surface area contributed by atoms with E-state index in [9.17, 15) is 9.59 Å². The Morgan fingerprint density at radius 2 is 2.19 bits per heavy atom. The van der Waals surface area contributed by atoms with Crippen molar-refractivity contribution in [3.63, 3.8) is 0 Å². The van der Waals surface area contributed by atoms with Gasteiger partial charge in [0.1, 0.15) is 11.8 Å². The molecule has 1 aliphatic heterocycles. The Morgan fingerprint density at radius 3 is 2.90 bits per heavy atom. The fourth-order valence-corrected chi connectivity index (χ4v) is 2.82. The fraction of sp³-hybridized carbons (Fsp3) is 0.467. The molecule has 0 unspecified atom stereocenters. The van der Waals surface area contributed by atoms with E-state index in [2.05, 4.69) is 15.9 Å². The lowest BCUT2D eigenvalue weighted by molar-refractivity contribution is -0.152. The molecule has 5 nitrogen and oxygen atoms in total. The number of rotatable bonds is 5. The summed E-state index contributed by atoms with van der Waals surface area (Å²) < 4.78 is 6.43. The topological polar surface area (TPSA) is 66.8 Å². The fourth-order valence-electron chi connectivity index (χ4n) is 2.44. The number of benzene rings is 1. The second kappa shape index (κ2) is 7.45. The minimum absolute atomic E-state index is 0.155. The quantitative estimate of drug-likeness (QED) is 0.881. The van der Waals surface area contributed by atoms with Crippen molar-refractivity contribution in [2.24, 2.45) is 0 Å². The molecule has 0 aliphatic carbocycles. The number of halogens is 1. The lowest BCUT2D eigenvalue weighted by Crippen LogP contribution is -2.48. The van der Waals surface area contributed by atoms with E-state index in [1.54, 1.807) is 0 Å². The molecule has 0 radical (unpaired) electrons. The summed E-state index contributed by atoms with van der Waals surface area (Å²) in [5, 5.41) is 9.16. The van der Waals surface area contributed by atoms with Gasteiger partial charge < -0.3 is 14.7 Å². The van der Waals surface area contributed by atoms with Crippen LogP contribution in [0, 0.1) is 0 Å². The molecule has 6 heteroatoms. The Hall–Kier alpha value is -1.56. The van der Waals surface area contributed by atoms with Crippen molar-refractivity contribution in [1.29, 1.82) is 0 Å². The maximum Gasteiger partial charge on any atom is 0.326 e. The molecule has 1 N–H and O–H groups in total. The highest BCUT2D eigenvalue weighted by Gasteiger charge is 2.31. The summed E-state index contributed by atoms with van der Waals surface area (Å²) in [5.41, 5.74) is 0. The number of piperidine rings is 1. The lowest BCUT2D eigenvalue weighted by Gasteiger charge is -2.33.